The zero-order chi connectivity index (χ0) is 18.2. The fraction of sp³-hybridized carbons (Fsp3) is 0.222. The van der Waals surface area contributed by atoms with Crippen LogP contribution in [0.25, 0.3) is 0 Å². The largest absolute Gasteiger partial charge is 0.352 e. The normalized spacial score (nSPS) is 11.1. The lowest BCUT2D eigenvalue weighted by molar-refractivity contribution is -0.115. The van der Waals surface area contributed by atoms with Gasteiger partial charge in [-0.3, -0.25) is 9.79 Å². The molecule has 0 aliphatic rings. The van der Waals surface area contributed by atoms with E-state index >= 15 is 0 Å². The summed E-state index contributed by atoms with van der Waals surface area (Å²) in [5, 5.41) is 9.73. The highest BCUT2D eigenvalue weighted by atomic mass is 79.9. The first-order chi connectivity index (χ1) is 12.0. The summed E-state index contributed by atoms with van der Waals surface area (Å²) in [4.78, 5) is 16.2. The van der Waals surface area contributed by atoms with E-state index in [2.05, 4.69) is 36.9 Å². The average molecular weight is 424 g/mol. The van der Waals surface area contributed by atoms with Gasteiger partial charge in [0.05, 0.1) is 6.54 Å². The minimum atomic E-state index is -0.143. The molecular weight excluding hydrogens is 404 g/mol. The van der Waals surface area contributed by atoms with E-state index in [0.29, 0.717) is 17.5 Å². The van der Waals surface area contributed by atoms with Crippen LogP contribution in [0.3, 0.4) is 0 Å². The van der Waals surface area contributed by atoms with E-state index < -0.39 is 0 Å². The van der Waals surface area contributed by atoms with Crippen molar-refractivity contribution in [2.24, 2.45) is 4.99 Å². The van der Waals surface area contributed by atoms with Crippen molar-refractivity contribution in [3.63, 3.8) is 0 Å². The number of guanidine groups is 1. The summed E-state index contributed by atoms with van der Waals surface area (Å²) in [6.07, 6.45) is 0. The van der Waals surface area contributed by atoms with E-state index in [4.69, 9.17) is 11.6 Å². The topological polar surface area (TPSA) is 65.5 Å². The number of halogens is 2. The van der Waals surface area contributed by atoms with Crippen molar-refractivity contribution in [2.75, 3.05) is 18.9 Å². The number of rotatable bonds is 5. The first-order valence-corrected chi connectivity index (χ1v) is 8.90. The van der Waals surface area contributed by atoms with Crippen LogP contribution in [0.5, 0.6) is 0 Å². The molecule has 3 N–H and O–H groups in total. The molecule has 2 aromatic rings. The number of anilines is 1. The predicted octanol–water partition coefficient (Wildman–Crippen LogP) is 3.71. The number of aryl methyl sites for hydroxylation is 1. The minimum absolute atomic E-state index is 0.117. The summed E-state index contributed by atoms with van der Waals surface area (Å²) in [5.41, 5.74) is 2.86. The van der Waals surface area contributed by atoms with Gasteiger partial charge in [-0.2, -0.15) is 0 Å². The van der Waals surface area contributed by atoms with Crippen LogP contribution in [0.1, 0.15) is 11.1 Å². The highest BCUT2D eigenvalue weighted by Crippen LogP contribution is 2.20. The molecule has 5 nitrogen and oxygen atoms in total. The summed E-state index contributed by atoms with van der Waals surface area (Å²) in [7, 11) is 1.66. The molecule has 7 heteroatoms. The van der Waals surface area contributed by atoms with Crippen LogP contribution in [0, 0.1) is 6.92 Å². The Morgan fingerprint density at radius 1 is 1.16 bits per heavy atom. The Morgan fingerprint density at radius 3 is 2.56 bits per heavy atom. The Morgan fingerprint density at radius 2 is 1.88 bits per heavy atom. The molecular formula is C18H20BrClN4O. The van der Waals surface area contributed by atoms with Crippen LogP contribution in [-0.2, 0) is 11.3 Å². The van der Waals surface area contributed by atoms with Gasteiger partial charge in [0.15, 0.2) is 5.96 Å². The number of aliphatic imine (C=N–C) groups is 1. The van der Waals surface area contributed by atoms with E-state index in [1.165, 1.54) is 0 Å². The third kappa shape index (κ3) is 6.40. The molecule has 132 valence electrons. The first kappa shape index (κ1) is 19.3. The highest BCUT2D eigenvalue weighted by Gasteiger charge is 2.07. The highest BCUT2D eigenvalue weighted by molar-refractivity contribution is 9.10. The molecule has 0 fully saturated rings. The number of amides is 1. The van der Waals surface area contributed by atoms with Crippen LogP contribution in [0.15, 0.2) is 51.9 Å². The molecule has 2 rings (SSSR count). The minimum Gasteiger partial charge on any atom is -0.352 e. The third-order valence-corrected chi connectivity index (χ3v) is 4.23. The maximum atomic E-state index is 12.1. The zero-order valence-corrected chi connectivity index (χ0v) is 16.4. The maximum absolute atomic E-state index is 12.1. The standard InChI is InChI=1S/C18H20BrClN4O/c1-12-3-6-14(19)9-16(12)24-17(25)11-23-18(21-2)22-10-13-4-7-15(20)8-5-13/h3-9H,10-11H2,1-2H3,(H,24,25)(H2,21,22,23). The lowest BCUT2D eigenvalue weighted by atomic mass is 10.2. The molecule has 0 spiro atoms. The number of nitrogens with one attached hydrogen (secondary N) is 3. The molecule has 0 atom stereocenters. The lowest BCUT2D eigenvalue weighted by Gasteiger charge is -2.13. The molecule has 2 aromatic carbocycles. The average Bonchev–Trinajstić information content (AvgIpc) is 2.60. The molecule has 0 unspecified atom stereocenters. The molecule has 0 aliphatic carbocycles. The van der Waals surface area contributed by atoms with Gasteiger partial charge in [-0.15, -0.1) is 0 Å². The first-order valence-electron chi connectivity index (χ1n) is 7.73. The summed E-state index contributed by atoms with van der Waals surface area (Å²) >= 11 is 9.27. The van der Waals surface area contributed by atoms with Crippen molar-refractivity contribution in [1.82, 2.24) is 10.6 Å². The number of hydrogen-bond donors (Lipinski definition) is 3. The van der Waals surface area contributed by atoms with Gasteiger partial charge in [-0.25, -0.2) is 0 Å². The molecule has 0 saturated carbocycles. The number of carbonyl (C=O) groups is 1. The van der Waals surface area contributed by atoms with Crippen LogP contribution < -0.4 is 16.0 Å². The second-order valence-corrected chi connectivity index (χ2v) is 6.77. The van der Waals surface area contributed by atoms with Gasteiger partial charge >= 0.3 is 0 Å². The fourth-order valence-electron chi connectivity index (χ4n) is 2.10. The molecule has 0 bridgehead atoms. The molecule has 0 radical (unpaired) electrons. The van der Waals surface area contributed by atoms with Gasteiger partial charge in [0.25, 0.3) is 0 Å². The monoisotopic (exact) mass is 422 g/mol. The zero-order valence-electron chi connectivity index (χ0n) is 14.1. The van der Waals surface area contributed by atoms with E-state index in [0.717, 1.165) is 21.3 Å². The van der Waals surface area contributed by atoms with Crippen molar-refractivity contribution < 1.29 is 4.79 Å². The molecule has 25 heavy (non-hydrogen) atoms. The van der Waals surface area contributed by atoms with Crippen LogP contribution in [0.2, 0.25) is 5.02 Å². The van der Waals surface area contributed by atoms with E-state index in [1.54, 1.807) is 7.05 Å². The van der Waals surface area contributed by atoms with E-state index in [-0.39, 0.29) is 12.5 Å². The van der Waals surface area contributed by atoms with Gasteiger partial charge in [-0.1, -0.05) is 45.7 Å². The van der Waals surface area contributed by atoms with Gasteiger partial charge in [0, 0.05) is 28.8 Å². The molecule has 0 aliphatic heterocycles. The van der Waals surface area contributed by atoms with Gasteiger partial charge in [0.1, 0.15) is 0 Å². The number of nitrogens with zero attached hydrogens (tertiary/aromatic N) is 1. The molecule has 0 aromatic heterocycles. The van der Waals surface area contributed by atoms with E-state index in [1.807, 2.05) is 49.4 Å². The Bertz CT molecular complexity index is 762. The molecule has 0 saturated heterocycles. The van der Waals surface area contributed by atoms with Gasteiger partial charge < -0.3 is 16.0 Å². The Labute approximate surface area is 161 Å². The number of benzene rings is 2. The van der Waals surface area contributed by atoms with Crippen molar-refractivity contribution in [3.8, 4) is 0 Å². The van der Waals surface area contributed by atoms with Gasteiger partial charge in [0.2, 0.25) is 5.91 Å². The summed E-state index contributed by atoms with van der Waals surface area (Å²) < 4.78 is 0.918. The Hall–Kier alpha value is -2.05. The second kappa shape index (κ2) is 9.44. The van der Waals surface area contributed by atoms with Crippen molar-refractivity contribution >= 4 is 45.1 Å². The van der Waals surface area contributed by atoms with Crippen molar-refractivity contribution in [2.45, 2.75) is 13.5 Å². The lowest BCUT2D eigenvalue weighted by Crippen LogP contribution is -2.41. The fourth-order valence-corrected chi connectivity index (χ4v) is 2.58. The Balaban J connectivity index is 1.82. The van der Waals surface area contributed by atoms with Gasteiger partial charge in [-0.05, 0) is 42.3 Å². The summed E-state index contributed by atoms with van der Waals surface area (Å²) in [6.45, 7) is 2.65. The molecule has 0 heterocycles. The third-order valence-electron chi connectivity index (χ3n) is 3.49. The Kier molecular flexibility index (Phi) is 7.28. The summed E-state index contributed by atoms with van der Waals surface area (Å²) in [6, 6.07) is 13.3. The van der Waals surface area contributed by atoms with Crippen molar-refractivity contribution in [1.29, 1.82) is 0 Å². The SMILES string of the molecule is CN=C(NCC(=O)Nc1cc(Br)ccc1C)NCc1ccc(Cl)cc1. The van der Waals surface area contributed by atoms with Crippen molar-refractivity contribution in [3.05, 3.63) is 63.1 Å². The van der Waals surface area contributed by atoms with E-state index in [9.17, 15) is 4.79 Å². The second-order valence-electron chi connectivity index (χ2n) is 5.41. The summed E-state index contributed by atoms with van der Waals surface area (Å²) in [5.74, 6) is 0.409. The van der Waals surface area contributed by atoms with Crippen LogP contribution >= 0.6 is 27.5 Å². The number of hydrogen-bond acceptors (Lipinski definition) is 2. The van der Waals surface area contributed by atoms with Crippen LogP contribution in [0.4, 0.5) is 5.69 Å². The quantitative estimate of drug-likeness (QED) is 0.507. The molecule has 1 amide bonds. The smallest absolute Gasteiger partial charge is 0.243 e. The maximum Gasteiger partial charge on any atom is 0.243 e. The van der Waals surface area contributed by atoms with Crippen LogP contribution in [-0.4, -0.2) is 25.5 Å². The number of carbonyl (C=O) groups excluding carboxylic acids is 1. The predicted molar refractivity (Wildman–Crippen MR) is 107 cm³/mol.